The molecule has 70 heavy (non-hydrogen) atoms. The minimum Gasteiger partial charge on any atom is -0.445 e. The van der Waals surface area contributed by atoms with Gasteiger partial charge in [-0.05, 0) is 94.2 Å². The average molecular weight is 982 g/mol. The summed E-state index contributed by atoms with van der Waals surface area (Å²) in [7, 11) is 3.45. The van der Waals surface area contributed by atoms with Gasteiger partial charge in [0.1, 0.15) is 30.3 Å². The number of urea groups is 1. The van der Waals surface area contributed by atoms with E-state index in [0.29, 0.717) is 30.5 Å². The van der Waals surface area contributed by atoms with Crippen LogP contribution in [-0.2, 0) is 49.6 Å². The second-order valence-electron chi connectivity index (χ2n) is 19.5. The Morgan fingerprint density at radius 2 is 1.46 bits per heavy atom. The second kappa shape index (κ2) is 28.6. The standard InChI is InChI=1S/C50H79N9O11/c1-10-37(69-9)43(34-18-13-11-14-19-34)58(8)46(65)42(32(4)5)56-47(66)50(6,7)57-49(68)70-30-33-22-24-35(25-23-33)53-44(63)36(20-17-28-52-48(51)67)54-45(64)41(31(2)3)55-38(60)21-15-12-16-29-59-39(61)26-27-40(59)62/h22-27,31-32,34,36-37,41-43H,10-21,28-30H2,1-9H3,(H,53,63)(H,54,64)(H,55,60)(H,56,66)(H,57,68)(H3,51,52,67)/t36?,37-,41+,42+,43+/m1/s1. The number of anilines is 1. The van der Waals surface area contributed by atoms with Gasteiger partial charge in [-0.25, -0.2) is 9.59 Å². The van der Waals surface area contributed by atoms with Gasteiger partial charge in [0.25, 0.3) is 11.8 Å². The number of ether oxygens (including phenoxy) is 2. The summed E-state index contributed by atoms with van der Waals surface area (Å²) in [5.41, 5.74) is 4.67. The lowest BCUT2D eigenvalue weighted by Gasteiger charge is -2.42. The Morgan fingerprint density at radius 3 is 2.03 bits per heavy atom. The Labute approximate surface area is 413 Å². The van der Waals surface area contributed by atoms with Gasteiger partial charge in [-0.15, -0.1) is 0 Å². The molecule has 0 spiro atoms. The number of nitrogens with zero attached hydrogens (tertiary/aromatic N) is 2. The third-order valence-electron chi connectivity index (χ3n) is 12.9. The molecule has 1 heterocycles. The summed E-state index contributed by atoms with van der Waals surface area (Å²) >= 11 is 0. The van der Waals surface area contributed by atoms with Crippen molar-refractivity contribution in [2.24, 2.45) is 23.5 Å². The summed E-state index contributed by atoms with van der Waals surface area (Å²) in [6.07, 6.45) is 9.61. The van der Waals surface area contributed by atoms with Crippen LogP contribution in [0.2, 0.25) is 0 Å². The summed E-state index contributed by atoms with van der Waals surface area (Å²) in [4.78, 5) is 119. The Balaban J connectivity index is 1.56. The summed E-state index contributed by atoms with van der Waals surface area (Å²) < 4.78 is 11.3. The molecular weight excluding hydrogens is 903 g/mol. The van der Waals surface area contributed by atoms with E-state index in [-0.39, 0.29) is 92.5 Å². The molecule has 2 aliphatic rings. The van der Waals surface area contributed by atoms with Crippen molar-refractivity contribution in [2.75, 3.05) is 32.6 Å². The SMILES string of the molecule is CC[C@@H](OC)[C@H](C1CCCCC1)N(C)C(=O)[C@@H](NC(=O)C(C)(C)NC(=O)OCc1ccc(NC(=O)C(CCCNC(N)=O)NC(=O)[C@@H](NC(=O)CCCCCN2C(=O)C=CC2=O)C(C)C)cc1)C(C)C. The number of rotatable bonds is 28. The van der Waals surface area contributed by atoms with Crippen molar-refractivity contribution in [3.05, 3.63) is 42.0 Å². The molecule has 1 aliphatic heterocycles. The minimum atomic E-state index is -1.46. The van der Waals surface area contributed by atoms with Gasteiger partial charge >= 0.3 is 12.1 Å². The van der Waals surface area contributed by atoms with Crippen LogP contribution in [0.4, 0.5) is 15.3 Å². The molecule has 0 radical (unpaired) electrons. The average Bonchev–Trinajstić information content (AvgIpc) is 3.63. The van der Waals surface area contributed by atoms with E-state index >= 15 is 0 Å². The molecule has 3 rings (SSSR count). The third-order valence-corrected chi connectivity index (χ3v) is 12.9. The molecule has 1 saturated carbocycles. The Hall–Kier alpha value is -6.05. The molecule has 1 aromatic rings. The van der Waals surface area contributed by atoms with E-state index in [4.69, 9.17) is 15.2 Å². The van der Waals surface area contributed by atoms with Crippen molar-refractivity contribution in [2.45, 2.75) is 168 Å². The summed E-state index contributed by atoms with van der Waals surface area (Å²) in [5, 5.41) is 16.2. The lowest BCUT2D eigenvalue weighted by molar-refractivity contribution is -0.144. The van der Waals surface area contributed by atoms with Crippen molar-refractivity contribution in [3.8, 4) is 0 Å². The number of nitrogens with one attached hydrogen (secondary N) is 6. The van der Waals surface area contributed by atoms with E-state index in [1.165, 1.54) is 32.4 Å². The van der Waals surface area contributed by atoms with E-state index in [2.05, 4.69) is 31.9 Å². The molecule has 1 fully saturated rings. The maximum Gasteiger partial charge on any atom is 0.408 e. The van der Waals surface area contributed by atoms with Gasteiger partial charge in [0.15, 0.2) is 0 Å². The van der Waals surface area contributed by atoms with Crippen molar-refractivity contribution in [3.63, 3.8) is 0 Å². The van der Waals surface area contributed by atoms with Crippen LogP contribution in [0.1, 0.15) is 131 Å². The van der Waals surface area contributed by atoms with Gasteiger partial charge in [-0.2, -0.15) is 0 Å². The van der Waals surface area contributed by atoms with Gasteiger partial charge in [-0.3, -0.25) is 38.5 Å². The number of methoxy groups -OCH3 is 1. The lowest BCUT2D eigenvalue weighted by Crippen LogP contribution is -2.62. The lowest BCUT2D eigenvalue weighted by atomic mass is 9.80. The number of hydrogen-bond donors (Lipinski definition) is 7. The molecule has 20 nitrogen and oxygen atoms in total. The monoisotopic (exact) mass is 982 g/mol. The zero-order valence-electron chi connectivity index (χ0n) is 42.7. The molecule has 0 saturated heterocycles. The van der Waals surface area contributed by atoms with Crippen LogP contribution in [0, 0.1) is 17.8 Å². The highest BCUT2D eigenvalue weighted by molar-refractivity contribution is 6.12. The number of imide groups is 1. The number of carbonyl (C=O) groups is 9. The fourth-order valence-corrected chi connectivity index (χ4v) is 8.72. The molecule has 390 valence electrons. The molecule has 5 atom stereocenters. The van der Waals surface area contributed by atoms with E-state index in [9.17, 15) is 43.2 Å². The number of amides is 10. The first kappa shape index (κ1) is 58.3. The normalized spacial score (nSPS) is 16.2. The van der Waals surface area contributed by atoms with Crippen molar-refractivity contribution < 1.29 is 52.6 Å². The number of likely N-dealkylation sites (N-methyl/N-ethyl adjacent to an activating group) is 1. The van der Waals surface area contributed by atoms with Crippen molar-refractivity contribution >= 4 is 59.2 Å². The van der Waals surface area contributed by atoms with Crippen LogP contribution in [0.25, 0.3) is 0 Å². The molecule has 10 amide bonds. The maximum absolute atomic E-state index is 14.1. The summed E-state index contributed by atoms with van der Waals surface area (Å²) in [6.45, 7) is 12.5. The number of benzene rings is 1. The van der Waals surface area contributed by atoms with E-state index < -0.39 is 53.5 Å². The number of primary amides is 1. The van der Waals surface area contributed by atoms with E-state index in [0.717, 1.165) is 37.0 Å². The van der Waals surface area contributed by atoms with Gasteiger partial charge < -0.3 is 52.0 Å². The van der Waals surface area contributed by atoms with Crippen LogP contribution in [0.5, 0.6) is 0 Å². The van der Waals surface area contributed by atoms with Gasteiger partial charge in [0.2, 0.25) is 29.5 Å². The fraction of sp³-hybridized carbons (Fsp3) is 0.660. The quantitative estimate of drug-likeness (QED) is 0.0463. The van der Waals surface area contributed by atoms with Crippen LogP contribution in [-0.4, -0.2) is 126 Å². The van der Waals surface area contributed by atoms with Gasteiger partial charge in [0, 0.05) is 51.5 Å². The fourth-order valence-electron chi connectivity index (χ4n) is 8.72. The largest absolute Gasteiger partial charge is 0.445 e. The zero-order valence-corrected chi connectivity index (χ0v) is 42.7. The van der Waals surface area contributed by atoms with Crippen LogP contribution >= 0.6 is 0 Å². The number of carbonyl (C=O) groups excluding carboxylic acids is 9. The third kappa shape index (κ3) is 18.4. The molecule has 1 aromatic carbocycles. The molecule has 1 aliphatic carbocycles. The predicted octanol–water partition coefficient (Wildman–Crippen LogP) is 4.16. The number of nitrogens with two attached hydrogens (primary N) is 1. The number of alkyl carbamates (subject to hydrolysis) is 1. The Bertz CT molecular complexity index is 1960. The topological polar surface area (TPSA) is 277 Å². The first-order chi connectivity index (χ1) is 33.1. The first-order valence-electron chi connectivity index (χ1n) is 24.7. The molecule has 20 heteroatoms. The predicted molar refractivity (Wildman–Crippen MR) is 263 cm³/mol. The molecule has 1 unspecified atom stereocenters. The highest BCUT2D eigenvalue weighted by Gasteiger charge is 2.40. The smallest absolute Gasteiger partial charge is 0.408 e. The number of unbranched alkanes of at least 4 members (excludes halogenated alkanes) is 2. The highest BCUT2D eigenvalue weighted by Crippen LogP contribution is 2.32. The summed E-state index contributed by atoms with van der Waals surface area (Å²) in [6, 6.07) is 2.64. The second-order valence-corrected chi connectivity index (χ2v) is 19.5. The van der Waals surface area contributed by atoms with E-state index in [1.807, 2.05) is 20.8 Å². The molecule has 0 bridgehead atoms. The van der Waals surface area contributed by atoms with E-state index in [1.54, 1.807) is 57.2 Å². The van der Waals surface area contributed by atoms with Crippen molar-refractivity contribution in [1.29, 1.82) is 0 Å². The van der Waals surface area contributed by atoms with Gasteiger partial charge in [0.05, 0.1) is 12.1 Å². The summed E-state index contributed by atoms with van der Waals surface area (Å²) in [5.74, 6) is -3.33. The molecule has 0 aromatic heterocycles. The highest BCUT2D eigenvalue weighted by atomic mass is 16.5. The Kier molecular flexibility index (Phi) is 23.8. The number of hydrogen-bond acceptors (Lipinski definition) is 11. The van der Waals surface area contributed by atoms with Gasteiger partial charge in [-0.1, -0.05) is 72.4 Å². The van der Waals surface area contributed by atoms with Crippen LogP contribution in [0.3, 0.4) is 0 Å². The van der Waals surface area contributed by atoms with Crippen LogP contribution in [0.15, 0.2) is 36.4 Å². The molecule has 8 N–H and O–H groups in total. The maximum atomic E-state index is 14.1. The minimum absolute atomic E-state index is 0.108. The van der Waals surface area contributed by atoms with Crippen molar-refractivity contribution in [1.82, 2.24) is 36.4 Å². The molecular formula is C50H79N9O11. The van der Waals surface area contributed by atoms with Crippen LogP contribution < -0.4 is 37.6 Å². The first-order valence-corrected chi connectivity index (χ1v) is 24.7. The zero-order chi connectivity index (χ0) is 52.1. The Morgan fingerprint density at radius 1 is 0.829 bits per heavy atom.